The topological polar surface area (TPSA) is 128 Å². The molecule has 3 rings (SSSR count). The minimum Gasteiger partial charge on any atom is -0.349 e. The van der Waals surface area contributed by atoms with Gasteiger partial charge in [-0.2, -0.15) is 0 Å². The number of carbonyl (C=O) groups excluding carboxylic acids is 4. The van der Waals surface area contributed by atoms with Gasteiger partial charge in [0.2, 0.25) is 17.7 Å². The van der Waals surface area contributed by atoms with Crippen molar-refractivity contribution < 1.29 is 24.4 Å². The first-order chi connectivity index (χ1) is 18.0. The Morgan fingerprint density at radius 2 is 1.63 bits per heavy atom. The zero-order valence-corrected chi connectivity index (χ0v) is 24.2. The summed E-state index contributed by atoms with van der Waals surface area (Å²) in [6, 6.07) is 6.38. The number of piperidine rings is 1. The van der Waals surface area contributed by atoms with E-state index >= 15 is 0 Å². The molecular formula is C28H41BrN4O5. The van der Waals surface area contributed by atoms with Gasteiger partial charge in [-0.05, 0) is 54.9 Å². The van der Waals surface area contributed by atoms with Crippen molar-refractivity contribution in [1.82, 2.24) is 21.0 Å². The van der Waals surface area contributed by atoms with Crippen molar-refractivity contribution in [3.63, 3.8) is 0 Å². The summed E-state index contributed by atoms with van der Waals surface area (Å²) < 4.78 is 0.905. The van der Waals surface area contributed by atoms with Crippen LogP contribution in [-0.4, -0.2) is 58.9 Å². The van der Waals surface area contributed by atoms with E-state index < -0.39 is 23.3 Å². The number of benzene rings is 1. The third-order valence-electron chi connectivity index (χ3n) is 7.67. The Labute approximate surface area is 233 Å². The molecule has 0 aromatic heterocycles. The molecule has 210 valence electrons. The maximum absolute atomic E-state index is 13.6. The molecule has 1 aromatic carbocycles. The van der Waals surface area contributed by atoms with Gasteiger partial charge in [0, 0.05) is 41.5 Å². The fourth-order valence-electron chi connectivity index (χ4n) is 5.41. The van der Waals surface area contributed by atoms with Gasteiger partial charge in [0.05, 0.1) is 0 Å². The van der Waals surface area contributed by atoms with E-state index in [1.54, 1.807) is 22.5 Å². The number of hydrogen-bond donors (Lipinski definition) is 4. The van der Waals surface area contributed by atoms with Gasteiger partial charge in [-0.3, -0.25) is 24.4 Å². The number of hydroxylamine groups is 1. The monoisotopic (exact) mass is 592 g/mol. The van der Waals surface area contributed by atoms with Gasteiger partial charge < -0.3 is 15.5 Å². The number of nitrogens with zero attached hydrogens (tertiary/aromatic N) is 1. The number of likely N-dealkylation sites (tertiary alicyclic amines) is 1. The summed E-state index contributed by atoms with van der Waals surface area (Å²) in [4.78, 5) is 53.2. The zero-order chi connectivity index (χ0) is 27.9. The molecule has 1 aromatic rings. The lowest BCUT2D eigenvalue weighted by molar-refractivity contribution is -0.142. The van der Waals surface area contributed by atoms with Crippen molar-refractivity contribution >= 4 is 39.6 Å². The van der Waals surface area contributed by atoms with E-state index in [2.05, 4.69) is 26.6 Å². The average molecular weight is 594 g/mol. The maximum atomic E-state index is 13.6. The Hall–Kier alpha value is -2.46. The van der Waals surface area contributed by atoms with Gasteiger partial charge in [-0.1, -0.05) is 62.4 Å². The molecule has 2 atom stereocenters. The number of amides is 4. The smallest absolute Gasteiger partial charge is 0.251 e. The highest BCUT2D eigenvalue weighted by molar-refractivity contribution is 9.10. The lowest BCUT2D eigenvalue weighted by Gasteiger charge is -2.39. The highest BCUT2D eigenvalue weighted by Crippen LogP contribution is 2.32. The molecule has 0 bridgehead atoms. The van der Waals surface area contributed by atoms with E-state index in [9.17, 15) is 19.2 Å². The molecule has 2 fully saturated rings. The Balaban J connectivity index is 1.60. The molecule has 4 amide bonds. The average Bonchev–Trinajstić information content (AvgIpc) is 3.39. The van der Waals surface area contributed by atoms with Crippen LogP contribution in [-0.2, 0) is 14.4 Å². The summed E-state index contributed by atoms with van der Waals surface area (Å²) in [6.07, 6.45) is 5.99. The quantitative estimate of drug-likeness (QED) is 0.256. The minimum absolute atomic E-state index is 0.0364. The van der Waals surface area contributed by atoms with Crippen LogP contribution in [0.25, 0.3) is 0 Å². The standard InChI is InChI=1S/C28H41BrN4O5/c1-28(2,3)24(31-26(36)20(17-23(34)32-38)16-18-6-4-5-7-18)27(37)33-14-12-22(13-15-33)30-25(35)19-8-10-21(29)11-9-19/h8-11,18,20,22,24,38H,4-7,12-17H2,1-3H3,(H,30,35)(H,31,36)(H,32,34)/t20?,24-/m1/s1. The molecule has 1 aliphatic carbocycles. The zero-order valence-electron chi connectivity index (χ0n) is 22.6. The van der Waals surface area contributed by atoms with Gasteiger partial charge in [0.1, 0.15) is 6.04 Å². The highest BCUT2D eigenvalue weighted by Gasteiger charge is 2.39. The Morgan fingerprint density at radius 1 is 1.03 bits per heavy atom. The molecule has 2 aliphatic rings. The molecule has 1 unspecified atom stereocenters. The third-order valence-corrected chi connectivity index (χ3v) is 8.20. The summed E-state index contributed by atoms with van der Waals surface area (Å²) in [5.74, 6) is -1.47. The van der Waals surface area contributed by atoms with Crippen molar-refractivity contribution in [1.29, 1.82) is 0 Å². The Kier molecular flexibility index (Phi) is 10.7. The Bertz CT molecular complexity index is 980. The van der Waals surface area contributed by atoms with Crippen molar-refractivity contribution in [3.8, 4) is 0 Å². The van der Waals surface area contributed by atoms with Crippen molar-refractivity contribution in [2.45, 2.75) is 84.2 Å². The molecule has 9 nitrogen and oxygen atoms in total. The molecule has 1 saturated heterocycles. The highest BCUT2D eigenvalue weighted by atomic mass is 79.9. The molecule has 1 aliphatic heterocycles. The van der Waals surface area contributed by atoms with Gasteiger partial charge in [0.15, 0.2) is 0 Å². The number of carbonyl (C=O) groups is 4. The van der Waals surface area contributed by atoms with Crippen LogP contribution < -0.4 is 16.1 Å². The molecule has 1 heterocycles. The first-order valence-electron chi connectivity index (χ1n) is 13.6. The minimum atomic E-state index is -0.757. The second-order valence-corrected chi connectivity index (χ2v) is 12.6. The summed E-state index contributed by atoms with van der Waals surface area (Å²) in [6.45, 7) is 6.68. The van der Waals surface area contributed by atoms with Crippen LogP contribution in [0.15, 0.2) is 28.7 Å². The van der Waals surface area contributed by atoms with E-state index in [4.69, 9.17) is 5.21 Å². The van der Waals surface area contributed by atoms with Crippen LogP contribution in [0.3, 0.4) is 0 Å². The van der Waals surface area contributed by atoms with Crippen LogP contribution in [0, 0.1) is 17.3 Å². The number of nitrogens with one attached hydrogen (secondary N) is 3. The van der Waals surface area contributed by atoms with Crippen LogP contribution in [0.5, 0.6) is 0 Å². The molecule has 1 saturated carbocycles. The normalized spacial score (nSPS) is 18.5. The van der Waals surface area contributed by atoms with Crippen LogP contribution >= 0.6 is 15.9 Å². The van der Waals surface area contributed by atoms with Gasteiger partial charge in [0.25, 0.3) is 5.91 Å². The largest absolute Gasteiger partial charge is 0.349 e. The van der Waals surface area contributed by atoms with Crippen LogP contribution in [0.1, 0.15) is 82.5 Å². The molecular weight excluding hydrogens is 552 g/mol. The summed E-state index contributed by atoms with van der Waals surface area (Å²) in [5.41, 5.74) is 1.68. The van der Waals surface area contributed by atoms with Gasteiger partial charge in [-0.15, -0.1) is 0 Å². The maximum Gasteiger partial charge on any atom is 0.251 e. The van der Waals surface area contributed by atoms with E-state index in [0.29, 0.717) is 43.8 Å². The third kappa shape index (κ3) is 8.53. The predicted molar refractivity (Wildman–Crippen MR) is 147 cm³/mol. The van der Waals surface area contributed by atoms with Crippen LogP contribution in [0.4, 0.5) is 0 Å². The lowest BCUT2D eigenvalue weighted by atomic mass is 9.84. The second-order valence-electron chi connectivity index (χ2n) is 11.7. The van der Waals surface area contributed by atoms with E-state index in [-0.39, 0.29) is 30.2 Å². The SMILES string of the molecule is CC(C)(C)[C@H](NC(=O)C(CC(=O)NO)CC1CCCC1)C(=O)N1CCC(NC(=O)c2ccc(Br)cc2)CC1. The fourth-order valence-corrected chi connectivity index (χ4v) is 5.67. The number of halogens is 1. The summed E-state index contributed by atoms with van der Waals surface area (Å²) >= 11 is 3.37. The summed E-state index contributed by atoms with van der Waals surface area (Å²) in [5, 5.41) is 15.0. The molecule has 0 radical (unpaired) electrons. The van der Waals surface area contributed by atoms with E-state index in [0.717, 1.165) is 30.2 Å². The molecule has 38 heavy (non-hydrogen) atoms. The van der Waals surface area contributed by atoms with Gasteiger partial charge in [-0.25, -0.2) is 5.48 Å². The number of rotatable bonds is 9. The van der Waals surface area contributed by atoms with Crippen molar-refractivity contribution in [2.75, 3.05) is 13.1 Å². The lowest BCUT2D eigenvalue weighted by Crippen LogP contribution is -2.58. The van der Waals surface area contributed by atoms with Crippen LogP contribution in [0.2, 0.25) is 0 Å². The first-order valence-corrected chi connectivity index (χ1v) is 14.4. The Morgan fingerprint density at radius 3 is 2.18 bits per heavy atom. The summed E-state index contributed by atoms with van der Waals surface area (Å²) in [7, 11) is 0. The predicted octanol–water partition coefficient (Wildman–Crippen LogP) is 3.79. The second kappa shape index (κ2) is 13.6. The number of hydrogen-bond acceptors (Lipinski definition) is 5. The molecule has 10 heteroatoms. The van der Waals surface area contributed by atoms with E-state index in [1.165, 1.54) is 0 Å². The fraction of sp³-hybridized carbons (Fsp3) is 0.643. The molecule has 0 spiro atoms. The van der Waals surface area contributed by atoms with Gasteiger partial charge >= 0.3 is 0 Å². The van der Waals surface area contributed by atoms with Crippen molar-refractivity contribution in [2.24, 2.45) is 17.3 Å². The molecule has 4 N–H and O–H groups in total. The first kappa shape index (κ1) is 30.1. The van der Waals surface area contributed by atoms with Crippen molar-refractivity contribution in [3.05, 3.63) is 34.3 Å². The van der Waals surface area contributed by atoms with E-state index in [1.807, 2.05) is 32.9 Å².